The second-order valence-electron chi connectivity index (χ2n) is 11.4. The molecule has 2 nitrogen and oxygen atoms in total. The van der Waals surface area contributed by atoms with Crippen molar-refractivity contribution < 1.29 is 0 Å². The summed E-state index contributed by atoms with van der Waals surface area (Å²) < 4.78 is 0. The predicted octanol–water partition coefficient (Wildman–Crippen LogP) is 6.34. The molecule has 0 saturated heterocycles. The quantitative estimate of drug-likeness (QED) is 0.578. The summed E-state index contributed by atoms with van der Waals surface area (Å²) in [4.78, 5) is 0. The van der Waals surface area contributed by atoms with Crippen molar-refractivity contribution >= 4 is 11.4 Å². The summed E-state index contributed by atoms with van der Waals surface area (Å²) in [6.45, 7) is 12.3. The van der Waals surface area contributed by atoms with Crippen LogP contribution in [0.4, 0.5) is 5.69 Å². The van der Waals surface area contributed by atoms with Crippen LogP contribution < -0.4 is 5.01 Å². The molecule has 1 saturated carbocycles. The maximum atomic E-state index is 5.32. The summed E-state index contributed by atoms with van der Waals surface area (Å²) >= 11 is 0. The molecule has 1 fully saturated rings. The van der Waals surface area contributed by atoms with E-state index in [1.807, 2.05) is 0 Å². The lowest BCUT2D eigenvalue weighted by atomic mass is 9.48. The molecule has 138 valence electrons. The number of rotatable bonds is 1. The first-order valence-electron chi connectivity index (χ1n) is 10.3. The normalized spacial score (nSPS) is 36.7. The summed E-state index contributed by atoms with van der Waals surface area (Å²) in [6.07, 6.45) is 7.45. The van der Waals surface area contributed by atoms with Crippen molar-refractivity contribution in [3.8, 4) is 0 Å². The fourth-order valence-electron chi connectivity index (χ4n) is 7.31. The second-order valence-corrected chi connectivity index (χ2v) is 11.4. The van der Waals surface area contributed by atoms with Crippen LogP contribution in [0, 0.1) is 16.2 Å². The summed E-state index contributed by atoms with van der Waals surface area (Å²) in [5.41, 5.74) is 7.19. The third-order valence-electron chi connectivity index (χ3n) is 7.11. The largest absolute Gasteiger partial charge is 0.255 e. The molecule has 2 bridgehead atoms. The van der Waals surface area contributed by atoms with Gasteiger partial charge in [-0.1, -0.05) is 58.4 Å². The van der Waals surface area contributed by atoms with Crippen LogP contribution >= 0.6 is 0 Å². The van der Waals surface area contributed by atoms with Gasteiger partial charge in [0.2, 0.25) is 0 Å². The van der Waals surface area contributed by atoms with E-state index in [9.17, 15) is 0 Å². The van der Waals surface area contributed by atoms with Crippen LogP contribution in [-0.2, 0) is 0 Å². The van der Waals surface area contributed by atoms with Crippen molar-refractivity contribution in [2.45, 2.75) is 78.7 Å². The van der Waals surface area contributed by atoms with E-state index in [1.54, 1.807) is 11.1 Å². The molecule has 1 heterocycles. The van der Waals surface area contributed by atoms with Crippen LogP contribution in [0.2, 0.25) is 0 Å². The fourth-order valence-corrected chi connectivity index (χ4v) is 7.31. The molecule has 0 N–H and O–H groups in total. The molecule has 4 aliphatic rings. The van der Waals surface area contributed by atoms with E-state index in [2.05, 4.69) is 70.0 Å². The summed E-state index contributed by atoms with van der Waals surface area (Å²) in [5, 5.41) is 7.76. The molecule has 2 heteroatoms. The minimum Gasteiger partial charge on any atom is -0.255 e. The molecule has 2 atom stereocenters. The Morgan fingerprint density at radius 2 is 1.54 bits per heavy atom. The highest BCUT2D eigenvalue weighted by atomic mass is 15.5. The highest BCUT2D eigenvalue weighted by molar-refractivity contribution is 6.08. The average Bonchev–Trinajstić information content (AvgIpc) is 2.76. The smallest absolute Gasteiger partial charge is 0.0911 e. The van der Waals surface area contributed by atoms with E-state index >= 15 is 0 Å². The van der Waals surface area contributed by atoms with E-state index in [4.69, 9.17) is 5.10 Å². The zero-order valence-corrected chi connectivity index (χ0v) is 17.0. The van der Waals surface area contributed by atoms with Crippen LogP contribution in [0.5, 0.6) is 0 Å². The van der Waals surface area contributed by atoms with Gasteiger partial charge in [0.1, 0.15) is 0 Å². The third kappa shape index (κ3) is 2.27. The van der Waals surface area contributed by atoms with Crippen LogP contribution in [0.1, 0.15) is 73.1 Å². The van der Waals surface area contributed by atoms with Gasteiger partial charge in [0.05, 0.1) is 16.9 Å². The molecule has 1 aromatic carbocycles. The number of nitrogens with zero attached hydrogens (tertiary/aromatic N) is 2. The Balaban J connectivity index is 1.75. The monoisotopic (exact) mass is 348 g/mol. The van der Waals surface area contributed by atoms with Crippen LogP contribution in [0.15, 0.2) is 46.6 Å². The fraction of sp³-hybridized carbons (Fsp3) is 0.625. The molecule has 0 aromatic heterocycles. The Bertz CT molecular complexity index is 829. The first kappa shape index (κ1) is 16.6. The maximum Gasteiger partial charge on any atom is 0.0911 e. The molecule has 0 radical (unpaired) electrons. The van der Waals surface area contributed by atoms with E-state index in [0.29, 0.717) is 16.2 Å². The van der Waals surface area contributed by atoms with E-state index in [0.717, 1.165) is 6.42 Å². The van der Waals surface area contributed by atoms with Crippen LogP contribution in [-0.4, -0.2) is 11.3 Å². The van der Waals surface area contributed by atoms with E-state index in [-0.39, 0.29) is 5.54 Å². The minimum atomic E-state index is 0.0806. The molecule has 1 aliphatic heterocycles. The highest BCUT2D eigenvalue weighted by Crippen LogP contribution is 2.65. The Labute approximate surface area is 158 Å². The maximum absolute atomic E-state index is 5.32. The van der Waals surface area contributed by atoms with Gasteiger partial charge in [-0.15, -0.1) is 0 Å². The topological polar surface area (TPSA) is 15.6 Å². The number of anilines is 1. The van der Waals surface area contributed by atoms with Gasteiger partial charge in [0.25, 0.3) is 0 Å². The molecule has 5 rings (SSSR count). The second kappa shape index (κ2) is 4.82. The number of allylic oxidation sites excluding steroid dienone is 1. The number of benzene rings is 1. The summed E-state index contributed by atoms with van der Waals surface area (Å²) in [7, 11) is 0. The summed E-state index contributed by atoms with van der Waals surface area (Å²) in [6, 6.07) is 10.9. The Kier molecular flexibility index (Phi) is 3.08. The Hall–Kier alpha value is -1.57. The molecule has 26 heavy (non-hydrogen) atoms. The van der Waals surface area contributed by atoms with Gasteiger partial charge in [-0.05, 0) is 66.9 Å². The van der Waals surface area contributed by atoms with Gasteiger partial charge in [-0.25, -0.2) is 0 Å². The highest BCUT2D eigenvalue weighted by Gasteiger charge is 2.62. The van der Waals surface area contributed by atoms with Crippen LogP contribution in [0.25, 0.3) is 0 Å². The number of hydrogen-bond donors (Lipinski definition) is 0. The molecule has 0 amide bonds. The number of hydrogen-bond acceptors (Lipinski definition) is 2. The molecule has 1 aromatic rings. The lowest BCUT2D eigenvalue weighted by Crippen LogP contribution is -2.58. The van der Waals surface area contributed by atoms with Crippen molar-refractivity contribution in [3.05, 3.63) is 41.5 Å². The van der Waals surface area contributed by atoms with Gasteiger partial charge in [-0.2, -0.15) is 5.10 Å². The van der Waals surface area contributed by atoms with Crippen molar-refractivity contribution in [2.75, 3.05) is 5.01 Å². The lowest BCUT2D eigenvalue weighted by Gasteiger charge is -2.59. The molecular weight excluding hydrogens is 316 g/mol. The SMILES string of the molecule is CC1(C)CC2=NN(c3ccccc3)[C@@]34CC(C)(C)C[C@@](C)(CC(=C23)C1)C4. The summed E-state index contributed by atoms with van der Waals surface area (Å²) in [5.74, 6) is 0. The van der Waals surface area contributed by atoms with Crippen molar-refractivity contribution in [1.29, 1.82) is 0 Å². The lowest BCUT2D eigenvalue weighted by molar-refractivity contribution is 0.0382. The predicted molar refractivity (Wildman–Crippen MR) is 109 cm³/mol. The first-order valence-corrected chi connectivity index (χ1v) is 10.3. The van der Waals surface area contributed by atoms with Crippen molar-refractivity contribution in [1.82, 2.24) is 0 Å². The first-order chi connectivity index (χ1) is 12.1. The van der Waals surface area contributed by atoms with Gasteiger partial charge in [-0.3, -0.25) is 5.01 Å². The van der Waals surface area contributed by atoms with E-state index in [1.165, 1.54) is 43.5 Å². The van der Waals surface area contributed by atoms with Crippen molar-refractivity contribution in [2.24, 2.45) is 21.3 Å². The third-order valence-corrected chi connectivity index (χ3v) is 7.11. The number of fused-ring (bicyclic) bond motifs is 1. The van der Waals surface area contributed by atoms with E-state index < -0.39 is 0 Å². The van der Waals surface area contributed by atoms with Crippen LogP contribution in [0.3, 0.4) is 0 Å². The number of para-hydroxylation sites is 1. The Morgan fingerprint density at radius 1 is 0.808 bits per heavy atom. The minimum absolute atomic E-state index is 0.0806. The zero-order valence-electron chi connectivity index (χ0n) is 17.0. The number of hydrazone groups is 1. The van der Waals surface area contributed by atoms with Gasteiger partial charge >= 0.3 is 0 Å². The van der Waals surface area contributed by atoms with Crippen molar-refractivity contribution in [3.63, 3.8) is 0 Å². The zero-order chi connectivity index (χ0) is 18.4. The average molecular weight is 349 g/mol. The van der Waals surface area contributed by atoms with Gasteiger partial charge in [0.15, 0.2) is 0 Å². The molecular formula is C24H32N2. The Morgan fingerprint density at radius 3 is 2.27 bits per heavy atom. The van der Waals surface area contributed by atoms with Gasteiger partial charge in [0, 0.05) is 5.57 Å². The van der Waals surface area contributed by atoms with Gasteiger partial charge < -0.3 is 0 Å². The molecule has 1 spiro atoms. The molecule has 0 unspecified atom stereocenters. The molecule has 3 aliphatic carbocycles. The standard InChI is InChI=1S/C24H32N2/c1-21(2)11-17-12-23(5)14-22(3,4)15-24(16-23)20(17)19(13-21)25-26(24)18-9-7-6-8-10-18/h6-10H,11-16H2,1-5H3/t23-,24-/m1/s1.